The number of carboxylic acid groups (broad SMARTS) is 1. The van der Waals surface area contributed by atoms with E-state index in [1.54, 1.807) is 17.8 Å². The Morgan fingerprint density at radius 1 is 1.67 bits per heavy atom. The van der Waals surface area contributed by atoms with Gasteiger partial charge in [-0.25, -0.2) is 0 Å². The van der Waals surface area contributed by atoms with Crippen molar-refractivity contribution < 1.29 is 14.6 Å². The zero-order valence-corrected chi connectivity index (χ0v) is 11.4. The molecule has 0 unspecified atom stereocenters. The Kier molecular flexibility index (Phi) is 4.37. The number of nitrogens with one attached hydrogen (secondary N) is 1. The maximum Gasteiger partial charge on any atom is 0.321 e. The molecule has 1 aromatic carbocycles. The molecule has 2 rings (SSSR count). The van der Waals surface area contributed by atoms with Crippen molar-refractivity contribution in [2.75, 3.05) is 12.4 Å². The summed E-state index contributed by atoms with van der Waals surface area (Å²) in [6, 6.07) is 4.89. The number of hydrogen-bond acceptors (Lipinski definition) is 4. The molecule has 2 atom stereocenters. The van der Waals surface area contributed by atoms with Crippen LogP contribution in [0.1, 0.15) is 17.9 Å². The lowest BCUT2D eigenvalue weighted by Gasteiger charge is -2.16. The van der Waals surface area contributed by atoms with Crippen LogP contribution in [-0.2, 0) is 4.79 Å². The second kappa shape index (κ2) is 5.82. The fraction of sp³-hybridized carbons (Fsp3) is 0.417. The number of benzene rings is 1. The topological polar surface area (TPSA) is 58.6 Å². The third kappa shape index (κ3) is 2.91. The van der Waals surface area contributed by atoms with Gasteiger partial charge in [0.1, 0.15) is 11.8 Å². The van der Waals surface area contributed by atoms with Crippen molar-refractivity contribution in [1.82, 2.24) is 5.32 Å². The van der Waals surface area contributed by atoms with Crippen LogP contribution in [0.3, 0.4) is 0 Å². The van der Waals surface area contributed by atoms with E-state index in [0.717, 1.165) is 11.3 Å². The number of carbonyl (C=O) groups is 1. The Balaban J connectivity index is 2.22. The summed E-state index contributed by atoms with van der Waals surface area (Å²) in [5.41, 5.74) is 0.901. The summed E-state index contributed by atoms with van der Waals surface area (Å²) >= 11 is 7.54. The van der Waals surface area contributed by atoms with Gasteiger partial charge >= 0.3 is 5.97 Å². The van der Waals surface area contributed by atoms with Crippen LogP contribution in [0.25, 0.3) is 0 Å². The van der Waals surface area contributed by atoms with Crippen LogP contribution in [0.15, 0.2) is 18.2 Å². The average molecular weight is 288 g/mol. The normalized spacial score (nSPS) is 23.0. The van der Waals surface area contributed by atoms with Crippen LogP contribution in [0.2, 0.25) is 5.02 Å². The molecule has 4 nitrogen and oxygen atoms in total. The summed E-state index contributed by atoms with van der Waals surface area (Å²) in [5, 5.41) is 12.6. The van der Waals surface area contributed by atoms with E-state index in [4.69, 9.17) is 21.4 Å². The first-order valence-corrected chi connectivity index (χ1v) is 7.07. The Morgan fingerprint density at radius 2 is 2.44 bits per heavy atom. The third-order valence-corrected chi connectivity index (χ3v) is 4.12. The van der Waals surface area contributed by atoms with Gasteiger partial charge in [-0.3, -0.25) is 10.1 Å². The van der Waals surface area contributed by atoms with Crippen LogP contribution >= 0.6 is 23.4 Å². The van der Waals surface area contributed by atoms with Crippen LogP contribution in [0.5, 0.6) is 5.75 Å². The lowest BCUT2D eigenvalue weighted by molar-refractivity contribution is -0.138. The molecule has 1 heterocycles. The highest BCUT2D eigenvalue weighted by Crippen LogP contribution is 2.38. The monoisotopic (exact) mass is 287 g/mol. The molecular formula is C12H14ClNO3S. The maximum atomic E-state index is 10.9. The molecule has 0 aliphatic carbocycles. The van der Waals surface area contributed by atoms with Gasteiger partial charge < -0.3 is 9.84 Å². The van der Waals surface area contributed by atoms with Crippen molar-refractivity contribution in [3.63, 3.8) is 0 Å². The molecule has 0 saturated carbocycles. The molecule has 18 heavy (non-hydrogen) atoms. The number of rotatable bonds is 4. The molecule has 1 aliphatic heterocycles. The van der Waals surface area contributed by atoms with Gasteiger partial charge in [-0.15, -0.1) is 11.8 Å². The summed E-state index contributed by atoms with van der Waals surface area (Å²) in [6.45, 7) is 2.47. The molecule has 0 bridgehead atoms. The Morgan fingerprint density at radius 3 is 3.06 bits per heavy atom. The van der Waals surface area contributed by atoms with Gasteiger partial charge in [0.25, 0.3) is 0 Å². The minimum atomic E-state index is -0.829. The predicted molar refractivity (Wildman–Crippen MR) is 72.4 cm³/mol. The van der Waals surface area contributed by atoms with Gasteiger partial charge in [-0.2, -0.15) is 0 Å². The highest BCUT2D eigenvalue weighted by atomic mass is 35.5. The lowest BCUT2D eigenvalue weighted by Crippen LogP contribution is -2.33. The zero-order valence-electron chi connectivity index (χ0n) is 9.85. The number of aliphatic carboxylic acids is 1. The van der Waals surface area contributed by atoms with Crippen LogP contribution in [0, 0.1) is 0 Å². The number of halogens is 1. The second-order valence-electron chi connectivity index (χ2n) is 3.89. The van der Waals surface area contributed by atoms with Crippen molar-refractivity contribution in [3.05, 3.63) is 28.8 Å². The number of thioether (sulfide) groups is 1. The Hall–Kier alpha value is -0.910. The summed E-state index contributed by atoms with van der Waals surface area (Å²) in [5.74, 6) is 0.459. The highest BCUT2D eigenvalue weighted by molar-refractivity contribution is 7.99. The standard InChI is InChI=1S/C12H14ClNO3S/c1-2-17-10-4-3-7(13)5-8(10)11-14-9(6-18-11)12(15)16/h3-5,9,11,14H,2,6H2,1H3,(H,15,16)/t9-,11+/m0/s1. The first-order valence-electron chi connectivity index (χ1n) is 5.64. The average Bonchev–Trinajstić information content (AvgIpc) is 2.81. The van der Waals surface area contributed by atoms with Gasteiger partial charge in [0, 0.05) is 16.3 Å². The Bertz CT molecular complexity index is 455. The van der Waals surface area contributed by atoms with Crippen molar-refractivity contribution in [1.29, 1.82) is 0 Å². The summed E-state index contributed by atoms with van der Waals surface area (Å²) in [4.78, 5) is 10.9. The van der Waals surface area contributed by atoms with Gasteiger partial charge in [0.05, 0.1) is 12.0 Å². The zero-order chi connectivity index (χ0) is 13.1. The quantitative estimate of drug-likeness (QED) is 0.891. The van der Waals surface area contributed by atoms with Gasteiger partial charge in [-0.05, 0) is 25.1 Å². The predicted octanol–water partition coefficient (Wildman–Crippen LogP) is 2.53. The van der Waals surface area contributed by atoms with Crippen molar-refractivity contribution in [3.8, 4) is 5.75 Å². The van der Waals surface area contributed by atoms with E-state index in [-0.39, 0.29) is 5.37 Å². The maximum absolute atomic E-state index is 10.9. The van der Waals surface area contributed by atoms with E-state index < -0.39 is 12.0 Å². The molecule has 1 saturated heterocycles. The van der Waals surface area contributed by atoms with E-state index in [9.17, 15) is 4.79 Å². The van der Waals surface area contributed by atoms with Gasteiger partial charge in [-0.1, -0.05) is 11.6 Å². The molecule has 1 aromatic rings. The molecule has 0 amide bonds. The van der Waals surface area contributed by atoms with Crippen molar-refractivity contribution in [2.45, 2.75) is 18.3 Å². The van der Waals surface area contributed by atoms with Crippen LogP contribution in [-0.4, -0.2) is 29.5 Å². The summed E-state index contributed by atoms with van der Waals surface area (Å²) in [7, 11) is 0. The van der Waals surface area contributed by atoms with Gasteiger partial charge in [0.15, 0.2) is 0 Å². The lowest BCUT2D eigenvalue weighted by atomic mass is 10.2. The summed E-state index contributed by atoms with van der Waals surface area (Å²) < 4.78 is 5.54. The van der Waals surface area contributed by atoms with E-state index >= 15 is 0 Å². The smallest absolute Gasteiger partial charge is 0.321 e. The molecule has 2 N–H and O–H groups in total. The van der Waals surface area contributed by atoms with Crippen molar-refractivity contribution in [2.24, 2.45) is 0 Å². The fourth-order valence-corrected chi connectivity index (χ4v) is 3.23. The number of ether oxygens (including phenoxy) is 1. The molecule has 0 aromatic heterocycles. The SMILES string of the molecule is CCOc1ccc(Cl)cc1[C@@H]1N[C@H](C(=O)O)CS1. The van der Waals surface area contributed by atoms with Crippen LogP contribution in [0.4, 0.5) is 0 Å². The molecule has 1 aliphatic rings. The van der Waals surface area contributed by atoms with Crippen LogP contribution < -0.4 is 10.1 Å². The molecular weight excluding hydrogens is 274 g/mol. The molecule has 98 valence electrons. The Labute approximate surface area is 115 Å². The fourth-order valence-electron chi connectivity index (χ4n) is 1.80. The van der Waals surface area contributed by atoms with E-state index in [2.05, 4.69) is 5.32 Å². The first kappa shape index (κ1) is 13.5. The van der Waals surface area contributed by atoms with Gasteiger partial charge in [0.2, 0.25) is 0 Å². The van der Waals surface area contributed by atoms with Crippen molar-refractivity contribution >= 4 is 29.3 Å². The summed E-state index contributed by atoms with van der Waals surface area (Å²) in [6.07, 6.45) is 0. The molecule has 1 fully saturated rings. The number of hydrogen-bond donors (Lipinski definition) is 2. The third-order valence-electron chi connectivity index (χ3n) is 2.63. The molecule has 0 spiro atoms. The molecule has 6 heteroatoms. The minimum Gasteiger partial charge on any atom is -0.494 e. The largest absolute Gasteiger partial charge is 0.494 e. The highest BCUT2D eigenvalue weighted by Gasteiger charge is 2.31. The first-order chi connectivity index (χ1) is 8.61. The van der Waals surface area contributed by atoms with E-state index in [1.165, 1.54) is 0 Å². The second-order valence-corrected chi connectivity index (χ2v) is 5.46. The minimum absolute atomic E-state index is 0.0913. The molecule has 0 radical (unpaired) electrons. The van der Waals surface area contributed by atoms with E-state index in [1.807, 2.05) is 19.1 Å². The number of carboxylic acids is 1. The van der Waals surface area contributed by atoms with E-state index in [0.29, 0.717) is 17.4 Å².